The summed E-state index contributed by atoms with van der Waals surface area (Å²) in [6.45, 7) is 0.0323. The van der Waals surface area contributed by atoms with Gasteiger partial charge in [0.1, 0.15) is 0 Å². The van der Waals surface area contributed by atoms with Gasteiger partial charge in [0.2, 0.25) is 0 Å². The highest BCUT2D eigenvalue weighted by atomic mass is 32.2. The zero-order chi connectivity index (χ0) is 13.2. The van der Waals surface area contributed by atoms with Crippen molar-refractivity contribution < 1.29 is 17.5 Å². The molecule has 0 aliphatic carbocycles. The molecule has 1 saturated heterocycles. The van der Waals surface area contributed by atoms with Gasteiger partial charge in [0.15, 0.2) is 5.78 Å². The largest absolute Gasteiger partial charge is 0.298 e. The number of ketones is 1. The molecule has 2 rings (SSSR count). The first-order valence-corrected chi connectivity index (χ1v) is 7.47. The summed E-state index contributed by atoms with van der Waals surface area (Å²) in [7, 11) is -3.58. The fourth-order valence-electron chi connectivity index (χ4n) is 2.05. The molecule has 6 heteroatoms. The fourth-order valence-corrected chi connectivity index (χ4v) is 2.58. The number of hydrogen-bond acceptors (Lipinski definition) is 5. The third kappa shape index (κ3) is 3.63. The van der Waals surface area contributed by atoms with E-state index in [1.807, 2.05) is 30.3 Å². The van der Waals surface area contributed by atoms with Gasteiger partial charge in [-0.1, -0.05) is 30.3 Å². The predicted molar refractivity (Wildman–Crippen MR) is 66.2 cm³/mol. The van der Waals surface area contributed by atoms with Crippen LogP contribution in [0.4, 0.5) is 0 Å². The summed E-state index contributed by atoms with van der Waals surface area (Å²) < 4.78 is 27.1. The van der Waals surface area contributed by atoms with Gasteiger partial charge in [-0.15, -0.1) is 0 Å². The lowest BCUT2D eigenvalue weighted by Crippen LogP contribution is -2.33. The summed E-state index contributed by atoms with van der Waals surface area (Å²) in [6.07, 6.45) is 1.90. The molecule has 1 unspecified atom stereocenters. The number of carbonyl (C=O) groups is 1. The van der Waals surface area contributed by atoms with Crippen molar-refractivity contribution in [3.05, 3.63) is 35.9 Å². The van der Waals surface area contributed by atoms with Crippen LogP contribution in [-0.2, 0) is 25.6 Å². The zero-order valence-electron chi connectivity index (χ0n) is 10.1. The summed E-state index contributed by atoms with van der Waals surface area (Å²) in [5.74, 6) is -0.000388. The lowest BCUT2D eigenvalue weighted by molar-refractivity contribution is -0.120. The summed E-state index contributed by atoms with van der Waals surface area (Å²) in [6, 6.07) is 9.41. The number of carbonyl (C=O) groups excluding carboxylic acids is 1. The van der Waals surface area contributed by atoms with Crippen LogP contribution in [0.15, 0.2) is 30.3 Å². The van der Waals surface area contributed by atoms with Gasteiger partial charge in [0, 0.05) is 12.5 Å². The molecule has 0 bridgehead atoms. The molecule has 0 amide bonds. The van der Waals surface area contributed by atoms with Gasteiger partial charge in [-0.05, 0) is 12.0 Å². The van der Waals surface area contributed by atoms with Gasteiger partial charge >= 0.3 is 0 Å². The summed E-state index contributed by atoms with van der Waals surface area (Å²) in [5, 5.41) is 1.27. The number of Topliss-reactive ketones (excluding diaryl/α,β-unsaturated/α-hetero) is 1. The third-order valence-electron chi connectivity index (χ3n) is 2.75. The Morgan fingerprint density at radius 3 is 2.61 bits per heavy atom. The minimum Gasteiger partial charge on any atom is -0.298 e. The Kier molecular flexibility index (Phi) is 3.79. The van der Waals surface area contributed by atoms with Crippen molar-refractivity contribution in [3.8, 4) is 0 Å². The maximum atomic E-state index is 11.4. The van der Waals surface area contributed by atoms with E-state index in [9.17, 15) is 13.2 Å². The van der Waals surface area contributed by atoms with Crippen LogP contribution in [0.5, 0.6) is 0 Å². The molecule has 1 aliphatic heterocycles. The highest BCUT2D eigenvalue weighted by molar-refractivity contribution is 7.85. The van der Waals surface area contributed by atoms with E-state index in [0.29, 0.717) is 12.8 Å². The van der Waals surface area contributed by atoms with E-state index in [1.54, 1.807) is 0 Å². The molecule has 0 spiro atoms. The Hall–Kier alpha value is -1.24. The zero-order valence-corrected chi connectivity index (χ0v) is 10.9. The Labute approximate surface area is 106 Å². The summed E-state index contributed by atoms with van der Waals surface area (Å²) >= 11 is 0. The van der Waals surface area contributed by atoms with Gasteiger partial charge in [-0.3, -0.25) is 4.79 Å². The Balaban J connectivity index is 2.08. The molecule has 1 heterocycles. The second-order valence-electron chi connectivity index (χ2n) is 4.44. The molecule has 0 saturated carbocycles. The minimum absolute atomic E-state index is 0.000388. The average molecular weight is 269 g/mol. The van der Waals surface area contributed by atoms with E-state index in [0.717, 1.165) is 11.8 Å². The average Bonchev–Trinajstić information content (AvgIpc) is 2.57. The first-order valence-electron chi connectivity index (χ1n) is 5.66. The summed E-state index contributed by atoms with van der Waals surface area (Å²) in [5.41, 5.74) is 1.05. The van der Waals surface area contributed by atoms with Gasteiger partial charge in [-0.2, -0.15) is 17.8 Å². The Bertz CT molecular complexity index is 526. The van der Waals surface area contributed by atoms with Crippen molar-refractivity contribution in [3.63, 3.8) is 0 Å². The van der Waals surface area contributed by atoms with Crippen LogP contribution in [0.1, 0.15) is 12.0 Å². The van der Waals surface area contributed by atoms with Gasteiger partial charge < -0.3 is 0 Å². The van der Waals surface area contributed by atoms with Crippen molar-refractivity contribution in [1.29, 1.82) is 0 Å². The van der Waals surface area contributed by atoms with Gasteiger partial charge in [0.05, 0.1) is 12.8 Å². The lowest BCUT2D eigenvalue weighted by atomic mass is 10.0. The molecule has 0 radical (unpaired) electrons. The van der Waals surface area contributed by atoms with E-state index >= 15 is 0 Å². The second-order valence-corrected chi connectivity index (χ2v) is 6.00. The molecule has 0 N–H and O–H groups in total. The van der Waals surface area contributed by atoms with Crippen molar-refractivity contribution in [1.82, 2.24) is 5.06 Å². The van der Waals surface area contributed by atoms with Crippen LogP contribution in [0.25, 0.3) is 0 Å². The fraction of sp³-hybridized carbons (Fsp3) is 0.417. The number of hydrogen-bond donors (Lipinski definition) is 0. The van der Waals surface area contributed by atoms with Gasteiger partial charge in [0.25, 0.3) is 10.1 Å². The SMILES string of the molecule is CS(=O)(=O)ON1CC(=O)CC1Cc1ccccc1. The van der Waals surface area contributed by atoms with Crippen molar-refractivity contribution in [2.75, 3.05) is 12.8 Å². The molecule has 1 aliphatic rings. The molecular weight excluding hydrogens is 254 g/mol. The standard InChI is InChI=1S/C12H15NO4S/c1-18(15,16)17-13-9-12(14)8-11(13)7-10-5-3-2-4-6-10/h2-6,11H,7-9H2,1H3. The van der Waals surface area contributed by atoms with Crippen LogP contribution >= 0.6 is 0 Å². The Morgan fingerprint density at radius 2 is 2.00 bits per heavy atom. The molecule has 0 aromatic heterocycles. The lowest BCUT2D eigenvalue weighted by Gasteiger charge is -2.21. The normalized spacial score (nSPS) is 21.4. The molecular formula is C12H15NO4S. The number of rotatable bonds is 4. The van der Waals surface area contributed by atoms with E-state index in [1.165, 1.54) is 5.06 Å². The van der Waals surface area contributed by atoms with E-state index < -0.39 is 10.1 Å². The highest BCUT2D eigenvalue weighted by Crippen LogP contribution is 2.20. The van der Waals surface area contributed by atoms with E-state index in [4.69, 9.17) is 4.28 Å². The molecule has 1 fully saturated rings. The van der Waals surface area contributed by atoms with Crippen LogP contribution in [0.3, 0.4) is 0 Å². The molecule has 98 valence electrons. The topological polar surface area (TPSA) is 63.7 Å². The van der Waals surface area contributed by atoms with E-state index in [-0.39, 0.29) is 18.4 Å². The maximum Gasteiger partial charge on any atom is 0.280 e. The summed E-state index contributed by atoms with van der Waals surface area (Å²) in [4.78, 5) is 11.4. The maximum absolute atomic E-state index is 11.4. The van der Waals surface area contributed by atoms with Crippen LogP contribution in [-0.4, -0.2) is 38.1 Å². The molecule has 1 aromatic rings. The Morgan fingerprint density at radius 1 is 1.33 bits per heavy atom. The first-order chi connectivity index (χ1) is 8.44. The molecule has 1 aromatic carbocycles. The van der Waals surface area contributed by atoms with Gasteiger partial charge in [-0.25, -0.2) is 0 Å². The van der Waals surface area contributed by atoms with Crippen molar-refractivity contribution in [2.45, 2.75) is 18.9 Å². The number of hydroxylamine groups is 2. The van der Waals surface area contributed by atoms with Crippen LogP contribution < -0.4 is 0 Å². The van der Waals surface area contributed by atoms with Crippen molar-refractivity contribution >= 4 is 15.9 Å². The van der Waals surface area contributed by atoms with Crippen molar-refractivity contribution in [2.24, 2.45) is 0 Å². The predicted octanol–water partition coefficient (Wildman–Crippen LogP) is 0.764. The molecule has 1 atom stereocenters. The quantitative estimate of drug-likeness (QED) is 0.807. The van der Waals surface area contributed by atoms with Crippen LogP contribution in [0, 0.1) is 0 Å². The third-order valence-corrected chi connectivity index (χ3v) is 3.21. The monoisotopic (exact) mass is 269 g/mol. The highest BCUT2D eigenvalue weighted by Gasteiger charge is 2.33. The molecule has 18 heavy (non-hydrogen) atoms. The first kappa shape index (κ1) is 13.2. The van der Waals surface area contributed by atoms with Crippen LogP contribution in [0.2, 0.25) is 0 Å². The number of benzene rings is 1. The molecule has 5 nitrogen and oxygen atoms in total. The minimum atomic E-state index is -3.58. The smallest absolute Gasteiger partial charge is 0.280 e. The van der Waals surface area contributed by atoms with E-state index in [2.05, 4.69) is 0 Å². The number of nitrogens with zero attached hydrogens (tertiary/aromatic N) is 1. The second kappa shape index (κ2) is 5.17.